The highest BCUT2D eigenvalue weighted by Crippen LogP contribution is 2.24. The van der Waals surface area contributed by atoms with Crippen molar-refractivity contribution >= 4 is 18.0 Å². The first-order chi connectivity index (χ1) is 14.1. The third-order valence-corrected chi connectivity index (χ3v) is 4.84. The van der Waals surface area contributed by atoms with Crippen LogP contribution in [0.1, 0.15) is 76.1 Å². The third-order valence-electron chi connectivity index (χ3n) is 4.84. The highest BCUT2D eigenvalue weighted by Gasteiger charge is 2.17. The van der Waals surface area contributed by atoms with Crippen molar-refractivity contribution in [2.45, 2.75) is 77.9 Å². The van der Waals surface area contributed by atoms with Crippen molar-refractivity contribution < 1.29 is 23.9 Å². The number of alkyl carbamates (subject to hydrolysis) is 1. The number of hydrogen-bond donors (Lipinski definition) is 2. The van der Waals surface area contributed by atoms with Crippen molar-refractivity contribution in [2.24, 2.45) is 0 Å². The molecule has 30 heavy (non-hydrogen) atoms. The summed E-state index contributed by atoms with van der Waals surface area (Å²) in [6.45, 7) is 7.25. The molecule has 1 aliphatic rings. The number of carbonyl (C=O) groups is 3. The molecule has 7 heteroatoms. The van der Waals surface area contributed by atoms with Crippen LogP contribution in [0.4, 0.5) is 4.79 Å². The van der Waals surface area contributed by atoms with E-state index in [0.29, 0.717) is 13.0 Å². The molecule has 1 atom stereocenters. The summed E-state index contributed by atoms with van der Waals surface area (Å²) < 4.78 is 10.1. The topological polar surface area (TPSA) is 93.7 Å². The minimum atomic E-state index is -0.563. The van der Waals surface area contributed by atoms with Crippen LogP contribution in [0.2, 0.25) is 0 Å². The number of carbonyl (C=O) groups excluding carboxylic acids is 3. The van der Waals surface area contributed by atoms with Crippen LogP contribution in [-0.2, 0) is 31.9 Å². The monoisotopic (exact) mass is 418 g/mol. The number of ether oxygens (including phenoxy) is 2. The van der Waals surface area contributed by atoms with Gasteiger partial charge in [0.15, 0.2) is 6.61 Å². The molecule has 0 aliphatic heterocycles. The molecule has 0 saturated carbocycles. The fourth-order valence-corrected chi connectivity index (χ4v) is 3.34. The average molecular weight is 419 g/mol. The molecule has 0 bridgehead atoms. The molecule has 1 aliphatic carbocycles. The van der Waals surface area contributed by atoms with Crippen LogP contribution >= 0.6 is 0 Å². The van der Waals surface area contributed by atoms with E-state index >= 15 is 0 Å². The zero-order valence-corrected chi connectivity index (χ0v) is 18.5. The molecular formula is C23H34N2O5. The lowest BCUT2D eigenvalue weighted by Gasteiger charge is -2.20. The molecule has 0 saturated heterocycles. The van der Waals surface area contributed by atoms with Crippen LogP contribution in [0.3, 0.4) is 0 Å². The predicted molar refractivity (Wildman–Crippen MR) is 114 cm³/mol. The number of hydrogen-bond acceptors (Lipinski definition) is 5. The standard InChI is InChI=1S/C23H34N2O5/c1-16(18-12-11-17-8-5-6-9-19(17)14-18)25-20(26)15-29-21(27)10-7-13-24-22(28)30-23(2,3)4/h11-12,14,16H,5-10,13,15H2,1-4H3,(H,24,28)(H,25,26)/t16-/m1/s1. The molecule has 0 spiro atoms. The van der Waals surface area contributed by atoms with Crippen molar-refractivity contribution in [3.8, 4) is 0 Å². The Hall–Kier alpha value is -2.57. The SMILES string of the molecule is C[C@@H](NC(=O)COC(=O)CCCNC(=O)OC(C)(C)C)c1ccc2c(c1)CCCC2. The van der Waals surface area contributed by atoms with Crippen molar-refractivity contribution in [1.29, 1.82) is 0 Å². The molecule has 0 unspecified atom stereocenters. The van der Waals surface area contributed by atoms with Gasteiger partial charge in [0, 0.05) is 13.0 Å². The second-order valence-corrected chi connectivity index (χ2v) is 8.72. The smallest absolute Gasteiger partial charge is 0.407 e. The quantitative estimate of drug-likeness (QED) is 0.497. The van der Waals surface area contributed by atoms with Crippen molar-refractivity contribution in [2.75, 3.05) is 13.2 Å². The van der Waals surface area contributed by atoms with Gasteiger partial charge < -0.3 is 20.1 Å². The zero-order valence-electron chi connectivity index (χ0n) is 18.5. The van der Waals surface area contributed by atoms with Crippen LogP contribution in [0.15, 0.2) is 18.2 Å². The molecule has 1 aromatic carbocycles. The number of nitrogens with one attached hydrogen (secondary N) is 2. The maximum absolute atomic E-state index is 12.1. The van der Waals surface area contributed by atoms with E-state index in [1.165, 1.54) is 24.0 Å². The Balaban J connectivity index is 1.64. The Bertz CT molecular complexity index is 754. The van der Waals surface area contributed by atoms with E-state index in [-0.39, 0.29) is 25.0 Å². The van der Waals surface area contributed by atoms with E-state index < -0.39 is 17.7 Å². The lowest BCUT2D eigenvalue weighted by molar-refractivity contribution is -0.148. The molecule has 7 nitrogen and oxygen atoms in total. The molecule has 166 valence electrons. The Morgan fingerprint density at radius 1 is 1.10 bits per heavy atom. The van der Waals surface area contributed by atoms with Crippen LogP contribution < -0.4 is 10.6 Å². The lowest BCUT2D eigenvalue weighted by atomic mass is 9.89. The average Bonchev–Trinajstić information content (AvgIpc) is 2.68. The highest BCUT2D eigenvalue weighted by molar-refractivity contribution is 5.80. The van der Waals surface area contributed by atoms with Crippen molar-refractivity contribution in [3.05, 3.63) is 34.9 Å². The number of esters is 1. The summed E-state index contributed by atoms with van der Waals surface area (Å²) >= 11 is 0. The minimum absolute atomic E-state index is 0.115. The van der Waals surface area contributed by atoms with Gasteiger partial charge in [0.1, 0.15) is 5.60 Å². The molecule has 1 aromatic rings. The Morgan fingerprint density at radius 3 is 2.50 bits per heavy atom. The highest BCUT2D eigenvalue weighted by atomic mass is 16.6. The molecule has 2 rings (SSSR count). The fourth-order valence-electron chi connectivity index (χ4n) is 3.34. The maximum atomic E-state index is 12.1. The Kier molecular flexibility index (Phi) is 8.69. The Labute approximate surface area is 178 Å². The largest absolute Gasteiger partial charge is 0.456 e. The van der Waals surface area contributed by atoms with Gasteiger partial charge in [-0.05, 0) is 76.5 Å². The summed E-state index contributed by atoms with van der Waals surface area (Å²) in [4.78, 5) is 35.4. The van der Waals surface area contributed by atoms with Crippen molar-refractivity contribution in [1.82, 2.24) is 10.6 Å². The molecule has 0 heterocycles. The Morgan fingerprint density at radius 2 is 1.80 bits per heavy atom. The second kappa shape index (κ2) is 11.0. The van der Waals surface area contributed by atoms with Gasteiger partial charge >= 0.3 is 12.1 Å². The van der Waals surface area contributed by atoms with Gasteiger partial charge in [-0.3, -0.25) is 9.59 Å². The summed E-state index contributed by atoms with van der Waals surface area (Å²) in [5, 5.41) is 5.45. The summed E-state index contributed by atoms with van der Waals surface area (Å²) in [5.41, 5.74) is 3.26. The van der Waals surface area contributed by atoms with Gasteiger partial charge in [0.2, 0.25) is 0 Å². The van der Waals surface area contributed by atoms with E-state index in [1.807, 2.05) is 6.92 Å². The summed E-state index contributed by atoms with van der Waals surface area (Å²) in [6, 6.07) is 6.22. The number of amides is 2. The van der Waals surface area contributed by atoms with Gasteiger partial charge in [0.25, 0.3) is 5.91 Å². The number of rotatable bonds is 8. The van der Waals surface area contributed by atoms with Crippen LogP contribution in [0.25, 0.3) is 0 Å². The van der Waals surface area contributed by atoms with E-state index in [4.69, 9.17) is 9.47 Å². The fraction of sp³-hybridized carbons (Fsp3) is 0.609. The minimum Gasteiger partial charge on any atom is -0.456 e. The number of fused-ring (bicyclic) bond motifs is 1. The first kappa shape index (κ1) is 23.7. The number of aryl methyl sites for hydroxylation is 2. The first-order valence-corrected chi connectivity index (χ1v) is 10.7. The number of benzene rings is 1. The zero-order chi connectivity index (χ0) is 22.1. The molecule has 0 radical (unpaired) electrons. The van der Waals surface area contributed by atoms with E-state index in [2.05, 4.69) is 28.8 Å². The lowest BCUT2D eigenvalue weighted by Crippen LogP contribution is -2.33. The van der Waals surface area contributed by atoms with E-state index in [9.17, 15) is 14.4 Å². The summed E-state index contributed by atoms with van der Waals surface area (Å²) in [7, 11) is 0. The maximum Gasteiger partial charge on any atom is 0.407 e. The van der Waals surface area contributed by atoms with Gasteiger partial charge in [-0.2, -0.15) is 0 Å². The molecular weight excluding hydrogens is 384 g/mol. The van der Waals surface area contributed by atoms with Gasteiger partial charge in [-0.15, -0.1) is 0 Å². The molecule has 0 aromatic heterocycles. The molecule has 2 amide bonds. The van der Waals surface area contributed by atoms with Crippen LogP contribution in [0.5, 0.6) is 0 Å². The molecule has 2 N–H and O–H groups in total. The predicted octanol–water partition coefficient (Wildman–Crippen LogP) is 3.59. The first-order valence-electron chi connectivity index (χ1n) is 10.7. The van der Waals surface area contributed by atoms with E-state index in [0.717, 1.165) is 18.4 Å². The summed E-state index contributed by atoms with van der Waals surface area (Å²) in [5.74, 6) is -0.807. The van der Waals surface area contributed by atoms with E-state index in [1.54, 1.807) is 20.8 Å². The van der Waals surface area contributed by atoms with Gasteiger partial charge in [0.05, 0.1) is 6.04 Å². The van der Waals surface area contributed by atoms with Crippen LogP contribution in [0, 0.1) is 0 Å². The molecule has 0 fully saturated rings. The normalized spacial score (nSPS) is 14.3. The second-order valence-electron chi connectivity index (χ2n) is 8.72. The third kappa shape index (κ3) is 8.43. The van der Waals surface area contributed by atoms with Gasteiger partial charge in [-0.25, -0.2) is 4.79 Å². The van der Waals surface area contributed by atoms with Crippen LogP contribution in [-0.4, -0.2) is 36.7 Å². The van der Waals surface area contributed by atoms with Gasteiger partial charge in [-0.1, -0.05) is 18.2 Å². The van der Waals surface area contributed by atoms with Crippen molar-refractivity contribution in [3.63, 3.8) is 0 Å². The summed E-state index contributed by atoms with van der Waals surface area (Å²) in [6.07, 6.45) is 4.66.